The Kier molecular flexibility index (Phi) is 6.64. The first-order valence-electron chi connectivity index (χ1n) is 10.6. The number of thiazole rings is 1. The molecule has 0 saturated heterocycles. The van der Waals surface area contributed by atoms with Crippen LogP contribution in [0, 0.1) is 26.7 Å². The van der Waals surface area contributed by atoms with Gasteiger partial charge in [-0.15, -0.1) is 11.3 Å². The summed E-state index contributed by atoms with van der Waals surface area (Å²) in [5, 5.41) is 35.9. The van der Waals surface area contributed by atoms with Crippen molar-refractivity contribution < 1.29 is 28.5 Å². The zero-order valence-corrected chi connectivity index (χ0v) is 19.5. The van der Waals surface area contributed by atoms with Crippen LogP contribution in [-0.2, 0) is 0 Å². The van der Waals surface area contributed by atoms with Crippen LogP contribution in [-0.4, -0.2) is 72.8 Å². The molecule has 34 heavy (non-hydrogen) atoms. The van der Waals surface area contributed by atoms with Crippen LogP contribution in [0.15, 0.2) is 6.07 Å². The monoisotopic (exact) mass is 498 g/mol. The molecule has 0 radical (unpaired) electrons. The van der Waals surface area contributed by atoms with Crippen molar-refractivity contribution in [3.8, 4) is 10.6 Å². The lowest BCUT2D eigenvalue weighted by molar-refractivity contribution is -0.115. The molecule has 3 aromatic rings. The summed E-state index contributed by atoms with van der Waals surface area (Å²) in [5.74, 6) is -0.600. The van der Waals surface area contributed by atoms with Crippen molar-refractivity contribution in [1.29, 1.82) is 0 Å². The minimum absolute atomic E-state index is 0.174. The third kappa shape index (κ3) is 4.92. The van der Waals surface area contributed by atoms with E-state index in [1.807, 2.05) is 19.9 Å². The van der Waals surface area contributed by atoms with E-state index in [1.165, 1.54) is 11.3 Å². The number of nitrogens with zero attached hydrogens (tertiary/aromatic N) is 4. The SMILES string of the molecule is Cc1cc2sc(-c3c(C)nc(NCC(F)(F)F)nc3N[C@@H]3C[C@H](CO)[C@@H](O)[C@H]3O)nc2c(C)n1. The Morgan fingerprint density at radius 3 is 2.44 bits per heavy atom. The lowest BCUT2D eigenvalue weighted by atomic mass is 10.1. The lowest BCUT2D eigenvalue weighted by Gasteiger charge is -2.21. The number of hydrogen-bond acceptors (Lipinski definition) is 10. The number of anilines is 2. The van der Waals surface area contributed by atoms with Crippen LogP contribution in [0.4, 0.5) is 24.9 Å². The van der Waals surface area contributed by atoms with Gasteiger partial charge in [-0.1, -0.05) is 0 Å². The maximum atomic E-state index is 12.7. The zero-order valence-electron chi connectivity index (χ0n) is 18.7. The lowest BCUT2D eigenvalue weighted by Crippen LogP contribution is -2.36. The molecule has 1 saturated carbocycles. The number of fused-ring (bicyclic) bond motifs is 1. The minimum Gasteiger partial charge on any atom is -0.396 e. The van der Waals surface area contributed by atoms with Crippen LogP contribution < -0.4 is 10.6 Å². The van der Waals surface area contributed by atoms with Gasteiger partial charge in [0.15, 0.2) is 0 Å². The Bertz CT molecular complexity index is 1200. The van der Waals surface area contributed by atoms with Gasteiger partial charge in [0.2, 0.25) is 5.95 Å². The van der Waals surface area contributed by atoms with E-state index in [2.05, 4.69) is 30.6 Å². The molecule has 0 amide bonds. The van der Waals surface area contributed by atoms with Crippen molar-refractivity contribution in [3.05, 3.63) is 23.1 Å². The Labute approximate surface area is 197 Å². The van der Waals surface area contributed by atoms with Crippen molar-refractivity contribution in [2.75, 3.05) is 23.8 Å². The van der Waals surface area contributed by atoms with E-state index in [0.717, 1.165) is 16.1 Å². The predicted octanol–water partition coefficient (Wildman–Crippen LogP) is 2.56. The molecule has 1 aliphatic rings. The van der Waals surface area contributed by atoms with E-state index >= 15 is 0 Å². The summed E-state index contributed by atoms with van der Waals surface area (Å²) in [4.78, 5) is 17.6. The number of rotatable bonds is 6. The molecule has 184 valence electrons. The largest absolute Gasteiger partial charge is 0.405 e. The molecule has 13 heteroatoms. The van der Waals surface area contributed by atoms with Crippen LogP contribution in [0.5, 0.6) is 0 Å². The van der Waals surface area contributed by atoms with Gasteiger partial charge in [-0.25, -0.2) is 9.97 Å². The molecule has 3 heterocycles. The number of pyridine rings is 1. The maximum absolute atomic E-state index is 12.7. The zero-order chi connectivity index (χ0) is 24.8. The summed E-state index contributed by atoms with van der Waals surface area (Å²) < 4.78 is 39.1. The molecule has 5 N–H and O–H groups in total. The van der Waals surface area contributed by atoms with Crippen molar-refractivity contribution in [2.24, 2.45) is 5.92 Å². The quantitative estimate of drug-likeness (QED) is 0.347. The normalized spacial score (nSPS) is 23.0. The number of alkyl halides is 3. The van der Waals surface area contributed by atoms with Crippen molar-refractivity contribution in [1.82, 2.24) is 19.9 Å². The molecule has 0 unspecified atom stereocenters. The molecule has 0 aromatic carbocycles. The topological polar surface area (TPSA) is 136 Å². The summed E-state index contributed by atoms with van der Waals surface area (Å²) in [6, 6.07) is 1.21. The summed E-state index contributed by atoms with van der Waals surface area (Å²) >= 11 is 1.37. The van der Waals surface area contributed by atoms with Crippen LogP contribution in [0.3, 0.4) is 0 Å². The first-order chi connectivity index (χ1) is 16.0. The fraction of sp³-hybridized carbons (Fsp3) is 0.524. The highest BCUT2D eigenvalue weighted by molar-refractivity contribution is 7.21. The van der Waals surface area contributed by atoms with Crippen molar-refractivity contribution >= 4 is 33.3 Å². The van der Waals surface area contributed by atoms with Gasteiger partial charge >= 0.3 is 6.18 Å². The molecule has 4 rings (SSSR count). The molecule has 1 aliphatic carbocycles. The average molecular weight is 499 g/mol. The van der Waals surface area contributed by atoms with Gasteiger partial charge < -0.3 is 26.0 Å². The van der Waals surface area contributed by atoms with E-state index in [9.17, 15) is 28.5 Å². The first kappa shape index (κ1) is 24.5. The van der Waals surface area contributed by atoms with Crippen LogP contribution in [0.2, 0.25) is 0 Å². The third-order valence-electron chi connectivity index (χ3n) is 5.79. The number of aryl methyl sites for hydroxylation is 3. The summed E-state index contributed by atoms with van der Waals surface area (Å²) in [6.45, 7) is 3.73. The van der Waals surface area contributed by atoms with Gasteiger partial charge in [0.25, 0.3) is 0 Å². The van der Waals surface area contributed by atoms with Gasteiger partial charge in [-0.3, -0.25) is 4.98 Å². The second kappa shape index (κ2) is 9.21. The molecule has 4 atom stereocenters. The van der Waals surface area contributed by atoms with Crippen molar-refractivity contribution in [2.45, 2.75) is 51.6 Å². The Hall–Kier alpha value is -2.61. The summed E-state index contributed by atoms with van der Waals surface area (Å²) in [6.07, 6.45) is -6.56. The van der Waals surface area contributed by atoms with Crippen molar-refractivity contribution in [3.63, 3.8) is 0 Å². The predicted molar refractivity (Wildman–Crippen MR) is 122 cm³/mol. The molecule has 0 spiro atoms. The van der Waals surface area contributed by atoms with Gasteiger partial charge in [-0.2, -0.15) is 18.2 Å². The van der Waals surface area contributed by atoms with E-state index in [1.54, 1.807) is 6.92 Å². The smallest absolute Gasteiger partial charge is 0.396 e. The number of aliphatic hydroxyl groups is 3. The second-order valence-electron chi connectivity index (χ2n) is 8.45. The second-order valence-corrected chi connectivity index (χ2v) is 9.48. The number of nitrogens with one attached hydrogen (secondary N) is 2. The summed E-state index contributed by atoms with van der Waals surface area (Å²) in [7, 11) is 0. The molecular weight excluding hydrogens is 473 g/mol. The molecule has 9 nitrogen and oxygen atoms in total. The number of aliphatic hydroxyl groups excluding tert-OH is 3. The number of hydrogen-bond donors (Lipinski definition) is 5. The third-order valence-corrected chi connectivity index (χ3v) is 6.81. The number of halogens is 3. The fourth-order valence-electron chi connectivity index (χ4n) is 4.15. The van der Waals surface area contributed by atoms with Gasteiger partial charge in [0, 0.05) is 18.2 Å². The van der Waals surface area contributed by atoms with E-state index in [4.69, 9.17) is 0 Å². The van der Waals surface area contributed by atoms with Crippen LogP contribution >= 0.6 is 11.3 Å². The van der Waals surface area contributed by atoms with Gasteiger partial charge in [0.1, 0.15) is 29.0 Å². The molecule has 3 aromatic heterocycles. The van der Waals surface area contributed by atoms with Gasteiger partial charge in [-0.05, 0) is 33.3 Å². The van der Waals surface area contributed by atoms with Gasteiger partial charge in [0.05, 0.1) is 33.8 Å². The fourth-order valence-corrected chi connectivity index (χ4v) is 5.36. The Morgan fingerprint density at radius 1 is 1.06 bits per heavy atom. The maximum Gasteiger partial charge on any atom is 0.405 e. The first-order valence-corrected chi connectivity index (χ1v) is 11.5. The van der Waals surface area contributed by atoms with Crippen LogP contribution in [0.25, 0.3) is 20.8 Å². The van der Waals surface area contributed by atoms with E-state index in [0.29, 0.717) is 21.8 Å². The highest BCUT2D eigenvalue weighted by atomic mass is 32.1. The minimum atomic E-state index is -4.46. The van der Waals surface area contributed by atoms with Crippen LogP contribution in [0.1, 0.15) is 23.5 Å². The van der Waals surface area contributed by atoms with E-state index < -0.39 is 36.9 Å². The Balaban J connectivity index is 1.78. The molecule has 0 aliphatic heterocycles. The standard InChI is InChI=1S/C21H25F3N6O3S/c1-8-4-13-15(10(3)26-8)29-19(34-13)14-9(2)27-20(25-7-21(22,23)24)30-18(14)28-12-5-11(6-31)16(32)17(12)33/h4,11-12,16-17,31-33H,5-7H2,1-3H3,(H2,25,27,28,30)/t11-,12-,16-,17+/m1/s1. The highest BCUT2D eigenvalue weighted by Crippen LogP contribution is 2.38. The molecular formula is C21H25F3N6O3S. The molecule has 0 bridgehead atoms. The van der Waals surface area contributed by atoms with E-state index in [-0.39, 0.29) is 24.8 Å². The highest BCUT2D eigenvalue weighted by Gasteiger charge is 2.41. The molecule has 1 fully saturated rings. The Morgan fingerprint density at radius 2 is 1.79 bits per heavy atom. The number of aromatic nitrogens is 4. The average Bonchev–Trinajstić information content (AvgIpc) is 3.28. The summed E-state index contributed by atoms with van der Waals surface area (Å²) in [5.41, 5.74) is 3.14.